The van der Waals surface area contributed by atoms with Crippen LogP contribution in [-0.2, 0) is 4.79 Å². The number of amides is 2. The normalized spacial score (nSPS) is 23.8. The predicted molar refractivity (Wildman–Crippen MR) is 111 cm³/mol. The Bertz CT molecular complexity index is 815. The highest BCUT2D eigenvalue weighted by Crippen LogP contribution is 2.43. The lowest BCUT2D eigenvalue weighted by Crippen LogP contribution is -2.40. The van der Waals surface area contributed by atoms with Gasteiger partial charge in [0, 0.05) is 37.2 Å². The van der Waals surface area contributed by atoms with Crippen molar-refractivity contribution in [2.45, 2.75) is 6.04 Å². The molecule has 3 atom stereocenters. The van der Waals surface area contributed by atoms with Gasteiger partial charge in [-0.3, -0.25) is 14.5 Å². The predicted octanol–water partition coefficient (Wildman–Crippen LogP) is 2.60. The number of hydrogen-bond acceptors (Lipinski definition) is 3. The number of fused-ring (bicyclic) bond motifs is 1. The largest absolute Gasteiger partial charge is 0.343 e. The van der Waals surface area contributed by atoms with Crippen molar-refractivity contribution in [3.8, 4) is 0 Å². The molecular formula is C22H26ClN3O2. The van der Waals surface area contributed by atoms with E-state index in [0.717, 1.165) is 19.6 Å². The van der Waals surface area contributed by atoms with Gasteiger partial charge in [-0.05, 0) is 30.7 Å². The third-order valence-electron chi connectivity index (χ3n) is 5.82. The van der Waals surface area contributed by atoms with Crippen LogP contribution < -0.4 is 5.32 Å². The van der Waals surface area contributed by atoms with Gasteiger partial charge >= 0.3 is 0 Å². The summed E-state index contributed by atoms with van der Waals surface area (Å²) in [6, 6.07) is 19.9. The third kappa shape index (κ3) is 4.05. The van der Waals surface area contributed by atoms with Crippen molar-refractivity contribution in [3.63, 3.8) is 0 Å². The molecule has 2 saturated heterocycles. The molecule has 1 N–H and O–H groups in total. The van der Waals surface area contributed by atoms with Crippen LogP contribution in [0.25, 0.3) is 0 Å². The van der Waals surface area contributed by atoms with E-state index in [4.69, 9.17) is 0 Å². The number of carbonyl (C=O) groups is 2. The van der Waals surface area contributed by atoms with Crippen molar-refractivity contribution in [1.29, 1.82) is 0 Å². The minimum Gasteiger partial charge on any atom is -0.343 e. The zero-order chi connectivity index (χ0) is 18.8. The molecule has 148 valence electrons. The highest BCUT2D eigenvalue weighted by molar-refractivity contribution is 5.96. The summed E-state index contributed by atoms with van der Waals surface area (Å²) in [5.41, 5.74) is 1.90. The highest BCUT2D eigenvalue weighted by atomic mass is 35.5. The van der Waals surface area contributed by atoms with Crippen LogP contribution in [0.3, 0.4) is 0 Å². The first-order valence-corrected chi connectivity index (χ1v) is 9.49. The minimum atomic E-state index is -0.203. The van der Waals surface area contributed by atoms with Gasteiger partial charge in [0.1, 0.15) is 0 Å². The van der Waals surface area contributed by atoms with Crippen molar-refractivity contribution in [3.05, 3.63) is 71.8 Å². The second-order valence-corrected chi connectivity index (χ2v) is 7.57. The van der Waals surface area contributed by atoms with Crippen molar-refractivity contribution in [1.82, 2.24) is 15.1 Å². The molecule has 0 aliphatic carbocycles. The van der Waals surface area contributed by atoms with E-state index < -0.39 is 0 Å². The lowest BCUT2D eigenvalue weighted by atomic mass is 9.90. The maximum atomic E-state index is 12.6. The Morgan fingerprint density at radius 2 is 1.61 bits per heavy atom. The average Bonchev–Trinajstić information content (AvgIpc) is 3.23. The van der Waals surface area contributed by atoms with E-state index in [2.05, 4.69) is 41.5 Å². The fourth-order valence-corrected chi connectivity index (χ4v) is 4.57. The Kier molecular flexibility index (Phi) is 6.37. The summed E-state index contributed by atoms with van der Waals surface area (Å²) < 4.78 is 0. The first kappa shape index (κ1) is 20.4. The topological polar surface area (TPSA) is 52.6 Å². The van der Waals surface area contributed by atoms with Crippen molar-refractivity contribution in [2.75, 3.05) is 33.2 Å². The van der Waals surface area contributed by atoms with Crippen LogP contribution in [0, 0.1) is 11.8 Å². The molecule has 6 heteroatoms. The fourth-order valence-electron chi connectivity index (χ4n) is 4.57. The minimum absolute atomic E-state index is 0. The molecule has 5 nitrogen and oxygen atoms in total. The average molecular weight is 400 g/mol. The molecule has 0 aromatic heterocycles. The van der Waals surface area contributed by atoms with Crippen LogP contribution in [0.15, 0.2) is 60.7 Å². The van der Waals surface area contributed by atoms with Gasteiger partial charge in [0.2, 0.25) is 5.91 Å². The van der Waals surface area contributed by atoms with E-state index in [9.17, 15) is 9.59 Å². The van der Waals surface area contributed by atoms with E-state index in [1.165, 1.54) is 5.56 Å². The van der Waals surface area contributed by atoms with Crippen molar-refractivity contribution >= 4 is 24.2 Å². The molecule has 2 amide bonds. The highest BCUT2D eigenvalue weighted by Gasteiger charge is 2.47. The molecule has 0 saturated carbocycles. The number of likely N-dealkylation sites (tertiary alicyclic amines) is 2. The molecule has 0 bridgehead atoms. The quantitative estimate of drug-likeness (QED) is 0.859. The Hall–Kier alpha value is -2.37. The Labute approximate surface area is 172 Å². The van der Waals surface area contributed by atoms with Gasteiger partial charge in [-0.25, -0.2) is 0 Å². The molecule has 2 fully saturated rings. The number of hydrogen-bond donors (Lipinski definition) is 1. The molecule has 2 aromatic rings. The second kappa shape index (κ2) is 8.76. The first-order chi connectivity index (χ1) is 13.1. The number of rotatable bonds is 4. The van der Waals surface area contributed by atoms with Gasteiger partial charge < -0.3 is 10.2 Å². The van der Waals surface area contributed by atoms with Crippen LogP contribution >= 0.6 is 12.4 Å². The molecule has 2 aliphatic rings. The maximum absolute atomic E-state index is 12.6. The first-order valence-electron chi connectivity index (χ1n) is 9.49. The monoisotopic (exact) mass is 399 g/mol. The maximum Gasteiger partial charge on any atom is 0.251 e. The van der Waals surface area contributed by atoms with Crippen LogP contribution in [0.1, 0.15) is 22.0 Å². The lowest BCUT2D eigenvalue weighted by molar-refractivity contribution is -0.129. The van der Waals surface area contributed by atoms with Gasteiger partial charge in [-0.15, -0.1) is 12.4 Å². The molecule has 0 unspecified atom stereocenters. The molecule has 0 radical (unpaired) electrons. The number of carbonyl (C=O) groups excluding carboxylic acids is 2. The zero-order valence-corrected chi connectivity index (χ0v) is 16.8. The van der Waals surface area contributed by atoms with Crippen molar-refractivity contribution in [2.24, 2.45) is 11.8 Å². The molecule has 4 rings (SSSR count). The Balaban J connectivity index is 0.00000225. The Morgan fingerprint density at radius 1 is 0.964 bits per heavy atom. The summed E-state index contributed by atoms with van der Waals surface area (Å²) in [5, 5.41) is 2.75. The molecule has 2 aliphatic heterocycles. The Morgan fingerprint density at radius 3 is 2.29 bits per heavy atom. The molecular weight excluding hydrogens is 374 g/mol. The smallest absolute Gasteiger partial charge is 0.251 e. The van der Waals surface area contributed by atoms with E-state index in [-0.39, 0.29) is 30.8 Å². The molecule has 2 aromatic carbocycles. The van der Waals surface area contributed by atoms with Gasteiger partial charge in [0.25, 0.3) is 5.91 Å². The number of halogens is 1. The van der Waals surface area contributed by atoms with E-state index in [1.54, 1.807) is 12.1 Å². The number of nitrogens with one attached hydrogen (secondary N) is 1. The van der Waals surface area contributed by atoms with Crippen molar-refractivity contribution < 1.29 is 9.59 Å². The van der Waals surface area contributed by atoms with Gasteiger partial charge in [-0.2, -0.15) is 0 Å². The summed E-state index contributed by atoms with van der Waals surface area (Å²) in [5.74, 6) is 0.744. The second-order valence-electron chi connectivity index (χ2n) is 7.57. The fraction of sp³-hybridized carbons (Fsp3) is 0.364. The zero-order valence-electron chi connectivity index (χ0n) is 16.0. The summed E-state index contributed by atoms with van der Waals surface area (Å²) in [6.07, 6.45) is 0. The van der Waals surface area contributed by atoms with E-state index in [0.29, 0.717) is 23.4 Å². The molecule has 0 spiro atoms. The summed E-state index contributed by atoms with van der Waals surface area (Å²) >= 11 is 0. The summed E-state index contributed by atoms with van der Waals surface area (Å²) in [7, 11) is 2.17. The van der Waals surface area contributed by atoms with Crippen LogP contribution in [0.4, 0.5) is 0 Å². The molecule has 28 heavy (non-hydrogen) atoms. The number of benzene rings is 2. The summed E-state index contributed by atoms with van der Waals surface area (Å²) in [4.78, 5) is 29.1. The summed E-state index contributed by atoms with van der Waals surface area (Å²) in [6.45, 7) is 2.59. The van der Waals surface area contributed by atoms with Crippen LogP contribution in [0.5, 0.6) is 0 Å². The third-order valence-corrected chi connectivity index (χ3v) is 5.82. The van der Waals surface area contributed by atoms with E-state index >= 15 is 0 Å². The number of nitrogens with zero attached hydrogens (tertiary/aromatic N) is 2. The van der Waals surface area contributed by atoms with Gasteiger partial charge in [0.05, 0.1) is 6.54 Å². The SMILES string of the molecule is CN1C[C@H]2CN(C(=O)CNC(=O)c3ccccc3)C[C@H]2[C@@H]1c1ccccc1.Cl. The van der Waals surface area contributed by atoms with Gasteiger partial charge in [0.15, 0.2) is 0 Å². The van der Waals surface area contributed by atoms with Gasteiger partial charge in [-0.1, -0.05) is 48.5 Å². The standard InChI is InChI=1S/C22H25N3O2.ClH/c1-24-13-18-14-25(15-19(18)21(24)16-8-4-2-5-9-16)20(26)12-23-22(27)17-10-6-3-7-11-17;/h2-11,18-19,21H,12-15H2,1H3,(H,23,27);1H/t18-,19+,21-;/m0./s1. The lowest BCUT2D eigenvalue weighted by Gasteiger charge is -2.27. The molecule has 2 heterocycles. The van der Waals surface area contributed by atoms with Crippen LogP contribution in [-0.4, -0.2) is 54.8 Å². The van der Waals surface area contributed by atoms with Crippen LogP contribution in [0.2, 0.25) is 0 Å². The van der Waals surface area contributed by atoms with E-state index in [1.807, 2.05) is 29.2 Å².